The third-order valence-electron chi connectivity index (χ3n) is 3.68. The van der Waals surface area contributed by atoms with E-state index in [1.165, 1.54) is 6.92 Å². The van der Waals surface area contributed by atoms with Gasteiger partial charge in [-0.25, -0.2) is 4.98 Å². The molecule has 0 bridgehead atoms. The molecule has 6 nitrogen and oxygen atoms in total. The van der Waals surface area contributed by atoms with Crippen molar-refractivity contribution >= 4 is 44.6 Å². The average molecular weight is 426 g/mol. The van der Waals surface area contributed by atoms with Crippen LogP contribution >= 0.6 is 15.9 Å². The average Bonchev–Trinajstić information content (AvgIpc) is 3.06. The van der Waals surface area contributed by atoms with Crippen LogP contribution in [0.3, 0.4) is 0 Å². The standard InChI is InChI=1S/C20H16BrN3O3/c1-3-26-18-9-13(15(21)10-19(18)27-12(2)25)8-14(11-22)20-23-16-6-4-5-7-17(16)24-20/h4-10H,3H2,1-2H3,(H,23,24)/b14-8+. The van der Waals surface area contributed by atoms with Gasteiger partial charge in [-0.05, 0) is 42.8 Å². The lowest BCUT2D eigenvalue weighted by molar-refractivity contribution is -0.132. The number of para-hydroxylation sites is 2. The number of nitriles is 1. The number of benzene rings is 2. The summed E-state index contributed by atoms with van der Waals surface area (Å²) in [6.45, 7) is 3.57. The fourth-order valence-corrected chi connectivity index (χ4v) is 2.99. The zero-order chi connectivity index (χ0) is 19.4. The summed E-state index contributed by atoms with van der Waals surface area (Å²) < 4.78 is 11.4. The molecule has 0 atom stereocenters. The highest BCUT2D eigenvalue weighted by Gasteiger charge is 2.14. The normalized spacial score (nSPS) is 11.3. The van der Waals surface area contributed by atoms with Crippen LogP contribution in [0.5, 0.6) is 11.5 Å². The molecular weight excluding hydrogens is 410 g/mol. The molecule has 0 aliphatic carbocycles. The van der Waals surface area contributed by atoms with Crippen LogP contribution in [0, 0.1) is 11.3 Å². The number of nitrogens with one attached hydrogen (secondary N) is 1. The fraction of sp³-hybridized carbons (Fsp3) is 0.150. The molecule has 3 aromatic rings. The molecule has 0 aliphatic rings. The van der Waals surface area contributed by atoms with E-state index < -0.39 is 5.97 Å². The van der Waals surface area contributed by atoms with Crippen molar-refractivity contribution in [3.05, 3.63) is 52.3 Å². The monoisotopic (exact) mass is 425 g/mol. The molecule has 136 valence electrons. The van der Waals surface area contributed by atoms with E-state index in [1.807, 2.05) is 31.2 Å². The molecule has 7 heteroatoms. The Labute approximate surface area is 164 Å². The molecule has 0 saturated carbocycles. The van der Waals surface area contributed by atoms with Gasteiger partial charge in [-0.3, -0.25) is 4.79 Å². The van der Waals surface area contributed by atoms with Crippen LogP contribution in [0.4, 0.5) is 0 Å². The maximum absolute atomic E-state index is 11.3. The highest BCUT2D eigenvalue weighted by Crippen LogP contribution is 2.35. The van der Waals surface area contributed by atoms with Crippen molar-refractivity contribution in [1.29, 1.82) is 5.26 Å². The summed E-state index contributed by atoms with van der Waals surface area (Å²) in [5, 5.41) is 9.61. The van der Waals surface area contributed by atoms with Gasteiger partial charge in [0.15, 0.2) is 11.5 Å². The van der Waals surface area contributed by atoms with Crippen molar-refractivity contribution in [3.63, 3.8) is 0 Å². The number of hydrogen-bond acceptors (Lipinski definition) is 5. The molecule has 0 amide bonds. The number of aromatic amines is 1. The predicted molar refractivity (Wildman–Crippen MR) is 106 cm³/mol. The Balaban J connectivity index is 2.06. The van der Waals surface area contributed by atoms with Crippen molar-refractivity contribution in [1.82, 2.24) is 9.97 Å². The molecule has 0 fully saturated rings. The number of carbonyl (C=O) groups excluding carboxylic acids is 1. The van der Waals surface area contributed by atoms with Crippen LogP contribution in [0.1, 0.15) is 25.2 Å². The Kier molecular flexibility index (Phi) is 5.57. The molecule has 1 aromatic heterocycles. The fourth-order valence-electron chi connectivity index (χ4n) is 2.55. The van der Waals surface area contributed by atoms with Gasteiger partial charge in [0, 0.05) is 11.4 Å². The Hall–Kier alpha value is -3.11. The second-order valence-electron chi connectivity index (χ2n) is 5.62. The van der Waals surface area contributed by atoms with Crippen molar-refractivity contribution in [2.75, 3.05) is 6.61 Å². The first-order valence-corrected chi connectivity index (χ1v) is 9.02. The third kappa shape index (κ3) is 4.18. The number of fused-ring (bicyclic) bond motifs is 1. The zero-order valence-corrected chi connectivity index (χ0v) is 16.3. The van der Waals surface area contributed by atoms with E-state index in [1.54, 1.807) is 18.2 Å². The molecule has 3 rings (SSSR count). The third-order valence-corrected chi connectivity index (χ3v) is 4.37. The number of rotatable bonds is 5. The lowest BCUT2D eigenvalue weighted by Gasteiger charge is -2.12. The number of carbonyl (C=O) groups is 1. The van der Waals surface area contributed by atoms with Crippen molar-refractivity contribution < 1.29 is 14.3 Å². The molecule has 0 spiro atoms. The van der Waals surface area contributed by atoms with Crippen LogP contribution in [0.2, 0.25) is 0 Å². The summed E-state index contributed by atoms with van der Waals surface area (Å²) in [6, 6.07) is 13.1. The number of nitrogens with zero attached hydrogens (tertiary/aromatic N) is 2. The van der Waals surface area contributed by atoms with Gasteiger partial charge in [0.2, 0.25) is 0 Å². The SMILES string of the molecule is CCOc1cc(/C=C(\C#N)c2nc3ccccc3[nH]2)c(Br)cc1OC(C)=O. The molecular formula is C20H16BrN3O3. The van der Waals surface area contributed by atoms with Gasteiger partial charge in [-0.1, -0.05) is 28.1 Å². The minimum atomic E-state index is -0.439. The van der Waals surface area contributed by atoms with Crippen LogP contribution < -0.4 is 9.47 Å². The topological polar surface area (TPSA) is 88.0 Å². The number of hydrogen-bond donors (Lipinski definition) is 1. The second kappa shape index (κ2) is 8.06. The highest BCUT2D eigenvalue weighted by molar-refractivity contribution is 9.10. The minimum Gasteiger partial charge on any atom is -0.490 e. The van der Waals surface area contributed by atoms with Crippen molar-refractivity contribution in [2.24, 2.45) is 0 Å². The lowest BCUT2D eigenvalue weighted by atomic mass is 10.1. The van der Waals surface area contributed by atoms with E-state index in [0.29, 0.717) is 39.5 Å². The van der Waals surface area contributed by atoms with Gasteiger partial charge >= 0.3 is 5.97 Å². The van der Waals surface area contributed by atoms with Gasteiger partial charge in [0.25, 0.3) is 0 Å². The molecule has 0 saturated heterocycles. The van der Waals surface area contributed by atoms with Gasteiger partial charge in [-0.2, -0.15) is 5.26 Å². The number of aromatic nitrogens is 2. The first-order valence-electron chi connectivity index (χ1n) is 8.23. The quantitative estimate of drug-likeness (QED) is 0.363. The highest BCUT2D eigenvalue weighted by atomic mass is 79.9. The smallest absolute Gasteiger partial charge is 0.308 e. The summed E-state index contributed by atoms with van der Waals surface area (Å²) in [4.78, 5) is 18.9. The molecule has 1 heterocycles. The maximum atomic E-state index is 11.3. The number of ether oxygens (including phenoxy) is 2. The maximum Gasteiger partial charge on any atom is 0.308 e. The summed E-state index contributed by atoms with van der Waals surface area (Å²) in [5.74, 6) is 0.776. The molecule has 1 N–H and O–H groups in total. The zero-order valence-electron chi connectivity index (χ0n) is 14.7. The number of imidazole rings is 1. The Bertz CT molecular complexity index is 1050. The number of H-pyrrole nitrogens is 1. The van der Waals surface area contributed by atoms with E-state index in [4.69, 9.17) is 9.47 Å². The number of esters is 1. The summed E-state index contributed by atoms with van der Waals surface area (Å²) in [5.41, 5.74) is 2.71. The van der Waals surface area contributed by atoms with Gasteiger partial charge < -0.3 is 14.5 Å². The Morgan fingerprint density at radius 3 is 2.78 bits per heavy atom. The molecule has 0 unspecified atom stereocenters. The molecule has 2 aromatic carbocycles. The van der Waals surface area contributed by atoms with Crippen LogP contribution in [-0.4, -0.2) is 22.5 Å². The van der Waals surface area contributed by atoms with Crippen molar-refractivity contribution in [2.45, 2.75) is 13.8 Å². The molecule has 0 aliphatic heterocycles. The lowest BCUT2D eigenvalue weighted by Crippen LogP contribution is -2.04. The predicted octanol–water partition coefficient (Wildman–Crippen LogP) is 4.71. The second-order valence-corrected chi connectivity index (χ2v) is 6.47. The van der Waals surface area contributed by atoms with Crippen LogP contribution in [-0.2, 0) is 4.79 Å². The summed E-state index contributed by atoms with van der Waals surface area (Å²) in [6.07, 6.45) is 1.70. The van der Waals surface area contributed by atoms with Gasteiger partial charge in [-0.15, -0.1) is 0 Å². The number of allylic oxidation sites excluding steroid dienone is 1. The van der Waals surface area contributed by atoms with Crippen LogP contribution in [0.25, 0.3) is 22.7 Å². The Morgan fingerprint density at radius 2 is 2.11 bits per heavy atom. The van der Waals surface area contributed by atoms with Crippen LogP contribution in [0.15, 0.2) is 40.9 Å². The van der Waals surface area contributed by atoms with E-state index >= 15 is 0 Å². The summed E-state index contributed by atoms with van der Waals surface area (Å²) in [7, 11) is 0. The summed E-state index contributed by atoms with van der Waals surface area (Å²) >= 11 is 3.46. The first kappa shape index (κ1) is 18.7. The molecule has 0 radical (unpaired) electrons. The van der Waals surface area contributed by atoms with E-state index in [0.717, 1.165) is 11.0 Å². The Morgan fingerprint density at radius 1 is 1.33 bits per heavy atom. The van der Waals surface area contributed by atoms with E-state index in [2.05, 4.69) is 32.0 Å². The largest absolute Gasteiger partial charge is 0.490 e. The molecule has 27 heavy (non-hydrogen) atoms. The minimum absolute atomic E-state index is 0.315. The van der Waals surface area contributed by atoms with Gasteiger partial charge in [0.1, 0.15) is 11.9 Å². The number of halogens is 1. The van der Waals surface area contributed by atoms with E-state index in [9.17, 15) is 10.1 Å². The van der Waals surface area contributed by atoms with Gasteiger partial charge in [0.05, 0.1) is 23.2 Å². The first-order chi connectivity index (χ1) is 13.0. The van der Waals surface area contributed by atoms with Crippen molar-refractivity contribution in [3.8, 4) is 17.6 Å². The van der Waals surface area contributed by atoms with E-state index in [-0.39, 0.29) is 0 Å².